The molecule has 0 aromatic carbocycles. The monoisotopic (exact) mass is 610 g/mol. The summed E-state index contributed by atoms with van der Waals surface area (Å²) in [6.07, 6.45) is -0.458. The van der Waals surface area contributed by atoms with Crippen LogP contribution >= 0.6 is 0 Å². The molecule has 4 fully saturated rings. The highest BCUT2D eigenvalue weighted by Gasteiger charge is 2.66. The summed E-state index contributed by atoms with van der Waals surface area (Å²) in [4.78, 5) is 13.8. The molecule has 1 heterocycles. The summed E-state index contributed by atoms with van der Waals surface area (Å²) >= 11 is 0. The predicted octanol–water partition coefficient (Wildman–Crippen LogP) is 1.59. The van der Waals surface area contributed by atoms with Crippen LogP contribution in [0.2, 0.25) is 0 Å². The van der Waals surface area contributed by atoms with Crippen molar-refractivity contribution in [2.45, 2.75) is 147 Å². The van der Waals surface area contributed by atoms with Crippen molar-refractivity contribution in [1.29, 1.82) is 0 Å². The Kier molecular flexibility index (Phi) is 9.08. The van der Waals surface area contributed by atoms with Crippen molar-refractivity contribution < 1.29 is 50.0 Å². The molecule has 0 radical (unpaired) electrons. The van der Waals surface area contributed by atoms with Gasteiger partial charge >= 0.3 is 0 Å². The zero-order valence-electron chi connectivity index (χ0n) is 26.4. The Balaban J connectivity index is 1.32. The molecular weight excluding hydrogens is 556 g/mol. The Labute approximate surface area is 255 Å². The molecule has 1 aliphatic heterocycles. The number of ether oxygens (including phenoxy) is 2. The van der Waals surface area contributed by atoms with Crippen molar-refractivity contribution in [3.63, 3.8) is 0 Å². The fourth-order valence-corrected chi connectivity index (χ4v) is 9.71. The number of carbonyl (C=O) groups is 1. The van der Waals surface area contributed by atoms with Crippen molar-refractivity contribution in [3.05, 3.63) is 11.6 Å². The topological polar surface area (TPSA) is 177 Å². The lowest BCUT2D eigenvalue weighted by Crippen LogP contribution is -2.61. The minimum Gasteiger partial charge on any atom is -0.394 e. The van der Waals surface area contributed by atoms with Crippen LogP contribution in [-0.4, -0.2) is 102 Å². The second-order valence-corrected chi connectivity index (χ2v) is 15.6. The zero-order chi connectivity index (χ0) is 31.7. The molecule has 5 aliphatic rings. The molecule has 0 aromatic heterocycles. The third-order valence-corrected chi connectivity index (χ3v) is 12.6. The highest BCUT2D eigenvalue weighted by Crippen LogP contribution is 2.68. The van der Waals surface area contributed by atoms with Gasteiger partial charge < -0.3 is 45.2 Å². The van der Waals surface area contributed by atoms with Gasteiger partial charge in [0.2, 0.25) is 0 Å². The van der Waals surface area contributed by atoms with Crippen LogP contribution in [0.4, 0.5) is 0 Å². The fraction of sp³-hybridized carbons (Fsp3) is 0.909. The standard InChI is InChI=1S/C33H54O10/c1-17(23(35)9-10-30(2,3)40)19-8-13-33(41)21-15-24(36)22-14-18(6-11-31(22,4)20(21)7-12-32(19,33)5)42-29-28(39)27(38)26(37)25(16-34)43-29/h15,17-20,22-23,25-29,34-35,37-41H,6-14,16H2,1-5H3/t17-,18-,19+,20?,22-,23+,25+,26+,27-,28+,29+,31+,32+,33+/m0/s1. The Bertz CT molecular complexity index is 1070. The van der Waals surface area contributed by atoms with Crippen LogP contribution < -0.4 is 0 Å². The highest BCUT2D eigenvalue weighted by molar-refractivity contribution is 5.95. The van der Waals surface area contributed by atoms with Gasteiger partial charge in [-0.05, 0) is 106 Å². The third kappa shape index (κ3) is 5.57. The van der Waals surface area contributed by atoms with Gasteiger partial charge in [0.05, 0.1) is 30.0 Å². The zero-order valence-corrected chi connectivity index (χ0v) is 26.4. The van der Waals surface area contributed by atoms with Crippen LogP contribution in [0.5, 0.6) is 0 Å². The molecule has 7 N–H and O–H groups in total. The van der Waals surface area contributed by atoms with Gasteiger partial charge in [0.1, 0.15) is 24.4 Å². The van der Waals surface area contributed by atoms with E-state index in [9.17, 15) is 40.5 Å². The van der Waals surface area contributed by atoms with Gasteiger partial charge in [0, 0.05) is 11.3 Å². The maximum atomic E-state index is 13.8. The molecular formula is C33H54O10. The number of fused-ring (bicyclic) bond motifs is 5. The van der Waals surface area contributed by atoms with E-state index >= 15 is 0 Å². The molecule has 43 heavy (non-hydrogen) atoms. The van der Waals surface area contributed by atoms with Gasteiger partial charge in [-0.3, -0.25) is 4.79 Å². The van der Waals surface area contributed by atoms with E-state index in [1.54, 1.807) is 19.9 Å². The average Bonchev–Trinajstić information content (AvgIpc) is 3.23. The van der Waals surface area contributed by atoms with Crippen molar-refractivity contribution in [1.82, 2.24) is 0 Å². The van der Waals surface area contributed by atoms with Crippen molar-refractivity contribution in [2.75, 3.05) is 6.61 Å². The number of aliphatic hydroxyl groups is 7. The molecule has 0 spiro atoms. The summed E-state index contributed by atoms with van der Waals surface area (Å²) in [5.41, 5.74) is -1.98. The Hall–Kier alpha value is -0.950. The summed E-state index contributed by atoms with van der Waals surface area (Å²) in [5.74, 6) is -0.306. The van der Waals surface area contributed by atoms with Crippen LogP contribution in [-0.2, 0) is 14.3 Å². The third-order valence-electron chi connectivity index (χ3n) is 12.6. The van der Waals surface area contributed by atoms with Crippen LogP contribution in [0.25, 0.3) is 0 Å². The average molecular weight is 611 g/mol. The second kappa shape index (κ2) is 11.7. The molecule has 1 unspecified atom stereocenters. The highest BCUT2D eigenvalue weighted by atomic mass is 16.7. The van der Waals surface area contributed by atoms with Gasteiger partial charge in [-0.25, -0.2) is 0 Å². The van der Waals surface area contributed by atoms with E-state index in [-0.39, 0.29) is 34.9 Å². The Morgan fingerprint density at radius 3 is 2.40 bits per heavy atom. The SMILES string of the molecule is C[C@H]([C@H](O)CCC(C)(C)O)[C@H]1CC[C@@]2(O)C3=CC(=O)[C@@H]4C[C@@H](O[C@@H]5O[C@H](CO)[C@@H](O)[C@H](O)[C@H]5O)CC[C@]4(C)C3CC[C@]12C. The normalized spacial score (nSPS) is 48.1. The predicted molar refractivity (Wildman–Crippen MR) is 156 cm³/mol. The van der Waals surface area contributed by atoms with E-state index in [4.69, 9.17) is 9.47 Å². The minimum atomic E-state index is -1.52. The minimum absolute atomic E-state index is 0.0322. The van der Waals surface area contributed by atoms with Crippen molar-refractivity contribution >= 4 is 5.78 Å². The largest absolute Gasteiger partial charge is 0.394 e. The molecule has 14 atom stereocenters. The number of hydrogen-bond acceptors (Lipinski definition) is 10. The number of carbonyl (C=O) groups excluding carboxylic acids is 1. The van der Waals surface area contributed by atoms with E-state index in [1.165, 1.54) is 0 Å². The van der Waals surface area contributed by atoms with E-state index in [1.807, 2.05) is 0 Å². The van der Waals surface area contributed by atoms with Crippen LogP contribution in [0, 0.1) is 34.5 Å². The smallest absolute Gasteiger partial charge is 0.186 e. The van der Waals surface area contributed by atoms with Crippen LogP contribution in [0.15, 0.2) is 11.6 Å². The lowest BCUT2D eigenvalue weighted by atomic mass is 9.46. The van der Waals surface area contributed by atoms with E-state index < -0.39 is 66.1 Å². The summed E-state index contributed by atoms with van der Waals surface area (Å²) in [7, 11) is 0. The van der Waals surface area contributed by atoms with Crippen molar-refractivity contribution in [3.8, 4) is 0 Å². The molecule has 10 nitrogen and oxygen atoms in total. The first kappa shape index (κ1) is 33.4. The number of aliphatic hydroxyl groups excluding tert-OH is 5. The van der Waals surface area contributed by atoms with Gasteiger partial charge in [-0.1, -0.05) is 20.8 Å². The number of rotatable bonds is 8. The lowest BCUT2D eigenvalue weighted by Gasteiger charge is -2.60. The summed E-state index contributed by atoms with van der Waals surface area (Å²) in [6.45, 7) is 9.29. The maximum Gasteiger partial charge on any atom is 0.186 e. The molecule has 3 saturated carbocycles. The quantitative estimate of drug-likeness (QED) is 0.214. The Morgan fingerprint density at radius 1 is 1.05 bits per heavy atom. The molecule has 4 aliphatic carbocycles. The second-order valence-electron chi connectivity index (χ2n) is 15.6. The lowest BCUT2D eigenvalue weighted by molar-refractivity contribution is -0.315. The van der Waals surface area contributed by atoms with E-state index in [0.29, 0.717) is 38.5 Å². The van der Waals surface area contributed by atoms with E-state index in [0.717, 1.165) is 24.8 Å². The number of ketones is 1. The van der Waals surface area contributed by atoms with Crippen LogP contribution in [0.1, 0.15) is 92.4 Å². The molecule has 5 rings (SSSR count). The molecule has 10 heteroatoms. The molecule has 0 amide bonds. The summed E-state index contributed by atoms with van der Waals surface area (Å²) in [5, 5.41) is 74.0. The van der Waals surface area contributed by atoms with Gasteiger partial charge in [0.15, 0.2) is 12.1 Å². The first-order valence-electron chi connectivity index (χ1n) is 16.3. The molecule has 0 bridgehead atoms. The molecule has 246 valence electrons. The summed E-state index contributed by atoms with van der Waals surface area (Å²) in [6, 6.07) is 0. The summed E-state index contributed by atoms with van der Waals surface area (Å²) < 4.78 is 11.6. The first-order chi connectivity index (χ1) is 20.0. The maximum absolute atomic E-state index is 13.8. The van der Waals surface area contributed by atoms with E-state index in [2.05, 4.69) is 20.8 Å². The van der Waals surface area contributed by atoms with Crippen molar-refractivity contribution in [2.24, 2.45) is 34.5 Å². The molecule has 1 saturated heterocycles. The molecule has 0 aromatic rings. The Morgan fingerprint density at radius 2 is 1.74 bits per heavy atom. The number of hydrogen-bond donors (Lipinski definition) is 7. The van der Waals surface area contributed by atoms with Gasteiger partial charge in [-0.2, -0.15) is 0 Å². The number of allylic oxidation sites excluding steroid dienone is 1. The first-order valence-corrected chi connectivity index (χ1v) is 16.3. The van der Waals surface area contributed by atoms with Gasteiger partial charge in [0.25, 0.3) is 0 Å². The van der Waals surface area contributed by atoms with Gasteiger partial charge in [-0.15, -0.1) is 0 Å². The fourth-order valence-electron chi connectivity index (χ4n) is 9.71. The van der Waals surface area contributed by atoms with Crippen LogP contribution in [0.3, 0.4) is 0 Å².